The number of fused-ring (bicyclic) bond motifs is 6. The van der Waals surface area contributed by atoms with Crippen molar-refractivity contribution < 1.29 is 19.0 Å². The Labute approximate surface area is 229 Å². The lowest BCUT2D eigenvalue weighted by molar-refractivity contribution is 0.0224. The molecule has 1 spiro atoms. The van der Waals surface area contributed by atoms with Crippen molar-refractivity contribution in [1.29, 1.82) is 0 Å². The molecule has 0 bridgehead atoms. The lowest BCUT2D eigenvalue weighted by atomic mass is 9.77. The number of methoxy groups -OCH3 is 1. The average Bonchev–Trinajstić information content (AvgIpc) is 3.25. The molecule has 4 aromatic rings. The van der Waals surface area contributed by atoms with Gasteiger partial charge in [-0.2, -0.15) is 0 Å². The molecule has 0 fully saturated rings. The van der Waals surface area contributed by atoms with E-state index >= 15 is 0 Å². The number of aryl methyl sites for hydroxylation is 1. The van der Waals surface area contributed by atoms with Gasteiger partial charge in [-0.1, -0.05) is 36.4 Å². The van der Waals surface area contributed by atoms with Gasteiger partial charge in [0.1, 0.15) is 11.5 Å². The van der Waals surface area contributed by atoms with Crippen LogP contribution in [0.5, 0.6) is 11.5 Å². The van der Waals surface area contributed by atoms with Crippen molar-refractivity contribution in [3.8, 4) is 11.5 Å². The van der Waals surface area contributed by atoms with E-state index in [1.807, 2.05) is 66.7 Å². The van der Waals surface area contributed by atoms with Gasteiger partial charge in [-0.25, -0.2) is 4.79 Å². The van der Waals surface area contributed by atoms with Crippen LogP contribution in [-0.2, 0) is 15.1 Å². The zero-order chi connectivity index (χ0) is 27.0. The SMILES string of the molecule is CCN(CCCOC)c1ccc2c(c1)Oc1cc(C)c(Nc3ccccc3)cc1C21OC(=O)c2ccccc21. The molecule has 0 amide bonds. The van der Waals surface area contributed by atoms with E-state index in [2.05, 4.69) is 42.3 Å². The van der Waals surface area contributed by atoms with E-state index in [0.29, 0.717) is 23.7 Å². The number of esters is 1. The lowest BCUT2D eigenvalue weighted by Crippen LogP contribution is -2.33. The van der Waals surface area contributed by atoms with Crippen LogP contribution in [-0.4, -0.2) is 32.8 Å². The molecule has 39 heavy (non-hydrogen) atoms. The number of benzene rings is 4. The number of nitrogens with one attached hydrogen (secondary N) is 1. The first-order valence-corrected chi connectivity index (χ1v) is 13.4. The quantitative estimate of drug-likeness (QED) is 0.196. The summed E-state index contributed by atoms with van der Waals surface area (Å²) < 4.78 is 18.2. The summed E-state index contributed by atoms with van der Waals surface area (Å²) in [5.41, 5.74) is 5.92. The van der Waals surface area contributed by atoms with Gasteiger partial charge in [0.15, 0.2) is 5.60 Å². The second-order valence-electron chi connectivity index (χ2n) is 9.98. The highest BCUT2D eigenvalue weighted by atomic mass is 16.6. The normalized spacial score (nSPS) is 16.6. The van der Waals surface area contributed by atoms with Gasteiger partial charge in [-0.15, -0.1) is 0 Å². The van der Waals surface area contributed by atoms with E-state index in [-0.39, 0.29) is 5.97 Å². The summed E-state index contributed by atoms with van der Waals surface area (Å²) in [5.74, 6) is 1.04. The van der Waals surface area contributed by atoms with Crippen molar-refractivity contribution in [3.05, 3.63) is 113 Å². The highest BCUT2D eigenvalue weighted by molar-refractivity contribution is 5.97. The third kappa shape index (κ3) is 4.21. The number of anilines is 3. The molecule has 6 nitrogen and oxygen atoms in total. The van der Waals surface area contributed by atoms with Crippen LogP contribution in [0.3, 0.4) is 0 Å². The first-order valence-electron chi connectivity index (χ1n) is 13.4. The van der Waals surface area contributed by atoms with Gasteiger partial charge in [-0.3, -0.25) is 0 Å². The number of ether oxygens (including phenoxy) is 3. The summed E-state index contributed by atoms with van der Waals surface area (Å²) in [6, 6.07) is 28.0. The average molecular weight is 521 g/mol. The highest BCUT2D eigenvalue weighted by Gasteiger charge is 2.53. The predicted octanol–water partition coefficient (Wildman–Crippen LogP) is 7.17. The minimum atomic E-state index is -1.11. The topological polar surface area (TPSA) is 60.0 Å². The van der Waals surface area contributed by atoms with Gasteiger partial charge in [-0.05, 0) is 68.3 Å². The summed E-state index contributed by atoms with van der Waals surface area (Å²) in [7, 11) is 1.73. The molecule has 6 heteroatoms. The Kier molecular flexibility index (Phi) is 6.49. The van der Waals surface area contributed by atoms with Gasteiger partial charge in [0.2, 0.25) is 0 Å². The van der Waals surface area contributed by atoms with E-state index in [1.54, 1.807) is 7.11 Å². The standard InChI is InChI=1S/C33H32N2O4/c1-4-35(17-10-18-37-3)24-15-16-27-31(20-24)38-30-19-22(2)29(34-23-11-6-5-7-12-23)21-28(30)33(27)26-14-9-8-13-25(26)32(36)39-33/h5-9,11-16,19-21,34H,4,10,17-18H2,1-3H3. The number of para-hydroxylation sites is 1. The molecule has 1 N–H and O–H groups in total. The van der Waals surface area contributed by atoms with Crippen LogP contribution in [0.2, 0.25) is 0 Å². The third-order valence-corrected chi connectivity index (χ3v) is 7.62. The summed E-state index contributed by atoms with van der Waals surface area (Å²) in [4.78, 5) is 15.6. The Bertz CT molecular complexity index is 1530. The zero-order valence-corrected chi connectivity index (χ0v) is 22.5. The van der Waals surface area contributed by atoms with Gasteiger partial charge in [0, 0.05) is 66.6 Å². The second kappa shape index (κ2) is 10.1. The molecule has 2 aliphatic rings. The highest BCUT2D eigenvalue weighted by Crippen LogP contribution is 2.57. The van der Waals surface area contributed by atoms with Gasteiger partial charge < -0.3 is 24.4 Å². The maximum atomic E-state index is 13.3. The van der Waals surface area contributed by atoms with E-state index in [1.165, 1.54) is 0 Å². The van der Waals surface area contributed by atoms with E-state index in [4.69, 9.17) is 14.2 Å². The smallest absolute Gasteiger partial charge is 0.340 e. The molecule has 2 heterocycles. The number of hydrogen-bond donors (Lipinski definition) is 1. The minimum absolute atomic E-state index is 0.332. The molecule has 0 radical (unpaired) electrons. The zero-order valence-electron chi connectivity index (χ0n) is 22.5. The molecular weight excluding hydrogens is 488 g/mol. The number of nitrogens with zero attached hydrogens (tertiary/aromatic N) is 1. The van der Waals surface area contributed by atoms with Gasteiger partial charge in [0.25, 0.3) is 0 Å². The number of rotatable bonds is 8. The van der Waals surface area contributed by atoms with Crippen molar-refractivity contribution in [2.75, 3.05) is 37.0 Å². The molecule has 1 unspecified atom stereocenters. The molecule has 6 rings (SSSR count). The molecule has 198 valence electrons. The summed E-state index contributed by atoms with van der Waals surface area (Å²) in [6.07, 6.45) is 0.927. The van der Waals surface area contributed by atoms with Gasteiger partial charge in [0.05, 0.1) is 5.56 Å². The van der Waals surface area contributed by atoms with Crippen LogP contribution < -0.4 is 15.0 Å². The Balaban J connectivity index is 1.51. The minimum Gasteiger partial charge on any atom is -0.456 e. The van der Waals surface area contributed by atoms with E-state index in [0.717, 1.165) is 58.8 Å². The predicted molar refractivity (Wildman–Crippen MR) is 154 cm³/mol. The summed E-state index contributed by atoms with van der Waals surface area (Å²) in [5, 5.41) is 3.53. The number of carbonyl (C=O) groups excluding carboxylic acids is 1. The third-order valence-electron chi connectivity index (χ3n) is 7.62. The molecule has 1 atom stereocenters. The van der Waals surface area contributed by atoms with Crippen LogP contribution in [0.1, 0.15) is 46.0 Å². The van der Waals surface area contributed by atoms with Crippen LogP contribution in [0.4, 0.5) is 17.1 Å². The Morgan fingerprint density at radius 3 is 2.46 bits per heavy atom. The molecule has 0 aliphatic carbocycles. The largest absolute Gasteiger partial charge is 0.456 e. The molecule has 0 aromatic heterocycles. The molecule has 4 aromatic carbocycles. The molecule has 0 saturated carbocycles. The van der Waals surface area contributed by atoms with Crippen LogP contribution in [0.15, 0.2) is 84.9 Å². The lowest BCUT2D eigenvalue weighted by Gasteiger charge is -2.38. The van der Waals surface area contributed by atoms with Crippen molar-refractivity contribution in [3.63, 3.8) is 0 Å². The molecule has 2 aliphatic heterocycles. The Morgan fingerprint density at radius 1 is 0.897 bits per heavy atom. The van der Waals surface area contributed by atoms with Gasteiger partial charge >= 0.3 is 5.97 Å². The van der Waals surface area contributed by atoms with E-state index < -0.39 is 5.60 Å². The maximum absolute atomic E-state index is 13.3. The van der Waals surface area contributed by atoms with Crippen LogP contribution >= 0.6 is 0 Å². The first-order chi connectivity index (χ1) is 19.0. The number of hydrogen-bond acceptors (Lipinski definition) is 6. The van der Waals surface area contributed by atoms with Crippen LogP contribution in [0, 0.1) is 6.92 Å². The first kappa shape index (κ1) is 25.0. The monoisotopic (exact) mass is 520 g/mol. The Morgan fingerprint density at radius 2 is 1.67 bits per heavy atom. The van der Waals surface area contributed by atoms with Crippen LogP contribution in [0.25, 0.3) is 0 Å². The number of carbonyl (C=O) groups is 1. The fraction of sp³-hybridized carbons (Fsp3) is 0.242. The van der Waals surface area contributed by atoms with Crippen molar-refractivity contribution >= 4 is 23.0 Å². The maximum Gasteiger partial charge on any atom is 0.340 e. The van der Waals surface area contributed by atoms with Crippen molar-refractivity contribution in [2.45, 2.75) is 25.9 Å². The van der Waals surface area contributed by atoms with Crippen molar-refractivity contribution in [1.82, 2.24) is 0 Å². The fourth-order valence-corrected chi connectivity index (χ4v) is 5.69. The van der Waals surface area contributed by atoms with E-state index in [9.17, 15) is 4.79 Å². The molecule has 0 saturated heterocycles. The Hall–Kier alpha value is -4.29. The second-order valence-corrected chi connectivity index (χ2v) is 9.98. The fourth-order valence-electron chi connectivity index (χ4n) is 5.69. The van der Waals surface area contributed by atoms with Crippen molar-refractivity contribution in [2.24, 2.45) is 0 Å². The summed E-state index contributed by atoms with van der Waals surface area (Å²) in [6.45, 7) is 6.63. The summed E-state index contributed by atoms with van der Waals surface area (Å²) >= 11 is 0. The molecular formula is C33H32N2O4.